The smallest absolute Gasteiger partial charge is 0.381 e. The molecule has 2 aliphatic heterocycles. The molecule has 6 rings (SSSR count). The van der Waals surface area contributed by atoms with Crippen LogP contribution in [-0.4, -0.2) is 57.0 Å². The number of imide groups is 1. The number of aryl methyl sites for hydroxylation is 1. The first-order chi connectivity index (χ1) is 20.0. The minimum Gasteiger partial charge on any atom is -0.381 e. The van der Waals surface area contributed by atoms with Gasteiger partial charge in [-0.3, -0.25) is 24.0 Å². The van der Waals surface area contributed by atoms with Crippen molar-refractivity contribution < 1.29 is 32.3 Å². The molecule has 3 aliphatic rings. The number of aromatic nitrogens is 2. The third-order valence-electron chi connectivity index (χ3n) is 7.98. The van der Waals surface area contributed by atoms with Gasteiger partial charge >= 0.3 is 6.18 Å². The largest absolute Gasteiger partial charge is 0.416 e. The average molecular weight is 599 g/mol. The summed E-state index contributed by atoms with van der Waals surface area (Å²) >= 11 is 0.846. The van der Waals surface area contributed by atoms with Gasteiger partial charge in [0, 0.05) is 24.5 Å². The number of fused-ring (bicyclic) bond motifs is 1. The molecule has 0 bridgehead atoms. The van der Waals surface area contributed by atoms with Crippen LogP contribution in [0.4, 0.5) is 18.0 Å². The van der Waals surface area contributed by atoms with E-state index in [0.717, 1.165) is 30.7 Å². The predicted octanol–water partition coefficient (Wildman–Crippen LogP) is 5.52. The zero-order valence-corrected chi connectivity index (χ0v) is 23.7. The van der Waals surface area contributed by atoms with Crippen molar-refractivity contribution in [3.05, 3.63) is 69.8 Å². The zero-order chi connectivity index (χ0) is 29.6. The molecule has 8 nitrogen and oxygen atoms in total. The van der Waals surface area contributed by atoms with Crippen LogP contribution in [0.25, 0.3) is 17.0 Å². The molecule has 0 radical (unpaired) electrons. The normalized spacial score (nSPS) is 20.1. The summed E-state index contributed by atoms with van der Waals surface area (Å²) in [5.74, 6) is -0.459. The van der Waals surface area contributed by atoms with Gasteiger partial charge in [0.25, 0.3) is 11.1 Å². The Morgan fingerprint density at radius 1 is 1.17 bits per heavy atom. The van der Waals surface area contributed by atoms with Crippen LogP contribution in [0.15, 0.2) is 47.5 Å². The van der Waals surface area contributed by atoms with Gasteiger partial charge in [0.1, 0.15) is 0 Å². The van der Waals surface area contributed by atoms with Crippen molar-refractivity contribution in [2.45, 2.75) is 50.9 Å². The van der Waals surface area contributed by atoms with Crippen LogP contribution in [-0.2, 0) is 27.0 Å². The molecule has 1 aliphatic carbocycles. The van der Waals surface area contributed by atoms with E-state index in [2.05, 4.69) is 10.4 Å². The lowest BCUT2D eigenvalue weighted by molar-refractivity contribution is -0.138. The van der Waals surface area contributed by atoms with E-state index in [4.69, 9.17) is 4.74 Å². The highest BCUT2D eigenvalue weighted by Crippen LogP contribution is 2.37. The first kappa shape index (κ1) is 28.5. The van der Waals surface area contributed by atoms with E-state index >= 15 is 0 Å². The molecule has 0 unspecified atom stereocenters. The predicted molar refractivity (Wildman–Crippen MR) is 151 cm³/mol. The number of amides is 3. The summed E-state index contributed by atoms with van der Waals surface area (Å²) < 4.78 is 47.9. The third kappa shape index (κ3) is 5.82. The lowest BCUT2D eigenvalue weighted by Crippen LogP contribution is -2.59. The maximum absolute atomic E-state index is 13.6. The fourth-order valence-corrected chi connectivity index (χ4v) is 6.30. The number of halogens is 3. The molecule has 0 atom stereocenters. The van der Waals surface area contributed by atoms with E-state index in [-0.39, 0.29) is 35.4 Å². The molecule has 220 valence electrons. The van der Waals surface area contributed by atoms with Crippen LogP contribution < -0.4 is 5.32 Å². The Morgan fingerprint density at radius 2 is 1.93 bits per heavy atom. The Bertz CT molecular complexity index is 1610. The van der Waals surface area contributed by atoms with E-state index in [1.165, 1.54) is 15.6 Å². The molecule has 1 saturated carbocycles. The second-order valence-electron chi connectivity index (χ2n) is 11.2. The molecule has 2 aromatic carbocycles. The van der Waals surface area contributed by atoms with Gasteiger partial charge in [0.05, 0.1) is 40.8 Å². The first-order valence-corrected chi connectivity index (χ1v) is 14.6. The molecular weight excluding hydrogens is 569 g/mol. The lowest BCUT2D eigenvalue weighted by atomic mass is 9.89. The third-order valence-corrected chi connectivity index (χ3v) is 8.88. The quantitative estimate of drug-likeness (QED) is 0.360. The number of hydrogen-bond donors (Lipinski definition) is 1. The summed E-state index contributed by atoms with van der Waals surface area (Å²) in [5.41, 5.74) is 0.537. The summed E-state index contributed by atoms with van der Waals surface area (Å²) in [4.78, 5) is 40.3. The second-order valence-corrected chi connectivity index (χ2v) is 12.2. The van der Waals surface area contributed by atoms with Crippen molar-refractivity contribution in [2.75, 3.05) is 19.8 Å². The molecule has 0 spiro atoms. The van der Waals surface area contributed by atoms with Crippen molar-refractivity contribution in [3.8, 4) is 0 Å². The van der Waals surface area contributed by atoms with Crippen LogP contribution in [0, 0.1) is 12.8 Å². The number of carbonyl (C=O) groups is 3. The van der Waals surface area contributed by atoms with Crippen molar-refractivity contribution >= 4 is 45.8 Å². The summed E-state index contributed by atoms with van der Waals surface area (Å²) in [6, 6.07) is 9.51. The SMILES string of the molecule is Cc1ccc(Cn2ncc3cc(/C=C4\SC(=O)N(CC5(NC(=O)C6CC6)CCOCC5)C4=O)ccc32)c(C(F)(F)F)c1. The minimum absolute atomic E-state index is 0.00221. The Kier molecular flexibility index (Phi) is 7.38. The number of benzene rings is 2. The number of rotatable bonds is 7. The van der Waals surface area contributed by atoms with Gasteiger partial charge in [0.15, 0.2) is 0 Å². The van der Waals surface area contributed by atoms with E-state index < -0.39 is 28.4 Å². The van der Waals surface area contributed by atoms with Gasteiger partial charge in [-0.2, -0.15) is 18.3 Å². The van der Waals surface area contributed by atoms with Crippen LogP contribution in [0.3, 0.4) is 0 Å². The van der Waals surface area contributed by atoms with Crippen molar-refractivity contribution in [3.63, 3.8) is 0 Å². The zero-order valence-electron chi connectivity index (χ0n) is 22.9. The molecule has 3 fully saturated rings. The Balaban J connectivity index is 1.21. The number of ether oxygens (including phenoxy) is 1. The van der Waals surface area contributed by atoms with Gasteiger partial charge < -0.3 is 10.1 Å². The molecule has 3 aromatic rings. The maximum atomic E-state index is 13.6. The van der Waals surface area contributed by atoms with Gasteiger partial charge in [0.2, 0.25) is 5.91 Å². The van der Waals surface area contributed by atoms with Crippen LogP contribution in [0.1, 0.15) is 47.9 Å². The highest BCUT2D eigenvalue weighted by Gasteiger charge is 2.45. The molecule has 1 N–H and O–H groups in total. The number of nitrogens with zero attached hydrogens (tertiary/aromatic N) is 3. The van der Waals surface area contributed by atoms with E-state index in [1.807, 2.05) is 0 Å². The fourth-order valence-electron chi connectivity index (χ4n) is 5.46. The molecular formula is C30H29F3N4O4S. The summed E-state index contributed by atoms with van der Waals surface area (Å²) in [6.45, 7) is 2.52. The Morgan fingerprint density at radius 3 is 2.64 bits per heavy atom. The average Bonchev–Trinajstić information content (AvgIpc) is 3.69. The fraction of sp³-hybridized carbons (Fsp3) is 0.400. The number of nitrogens with one attached hydrogen (secondary N) is 1. The van der Waals surface area contributed by atoms with Crippen molar-refractivity contribution in [2.24, 2.45) is 5.92 Å². The highest BCUT2D eigenvalue weighted by molar-refractivity contribution is 8.18. The standard InChI is InChI=1S/C30H29F3N4O4S/c1-18-2-4-21(23(12-18)30(31,32)33)16-37-24-7-3-19(13-22(24)15-34-37)14-25-27(39)36(28(40)42-25)17-29(8-10-41-11-9-29)35-26(38)20-5-6-20/h2-4,7,12-15,20H,5-6,8-11,16-17H2,1H3,(H,35,38)/b25-14-. The Labute approximate surface area is 244 Å². The summed E-state index contributed by atoms with van der Waals surface area (Å²) in [6.07, 6.45) is 1.45. The first-order valence-electron chi connectivity index (χ1n) is 13.8. The van der Waals surface area contributed by atoms with Gasteiger partial charge in [-0.05, 0) is 79.8 Å². The van der Waals surface area contributed by atoms with Crippen molar-refractivity contribution in [1.82, 2.24) is 20.0 Å². The second kappa shape index (κ2) is 10.9. The Hall–Kier alpha value is -3.64. The number of hydrogen-bond acceptors (Lipinski definition) is 6. The molecule has 2 saturated heterocycles. The minimum atomic E-state index is -4.48. The van der Waals surface area contributed by atoms with Crippen LogP contribution >= 0.6 is 11.8 Å². The van der Waals surface area contributed by atoms with Crippen LogP contribution in [0.2, 0.25) is 0 Å². The molecule has 3 heterocycles. The lowest BCUT2D eigenvalue weighted by Gasteiger charge is -2.39. The molecule has 12 heteroatoms. The molecule has 42 heavy (non-hydrogen) atoms. The van der Waals surface area contributed by atoms with Crippen LogP contribution in [0.5, 0.6) is 0 Å². The van der Waals surface area contributed by atoms with Crippen molar-refractivity contribution in [1.29, 1.82) is 0 Å². The number of thioether (sulfide) groups is 1. The number of alkyl halides is 3. The van der Waals surface area contributed by atoms with E-state index in [1.54, 1.807) is 43.5 Å². The maximum Gasteiger partial charge on any atom is 0.416 e. The van der Waals surface area contributed by atoms with E-state index in [9.17, 15) is 27.6 Å². The monoisotopic (exact) mass is 598 g/mol. The summed E-state index contributed by atoms with van der Waals surface area (Å²) in [7, 11) is 0. The van der Waals surface area contributed by atoms with Gasteiger partial charge in [-0.15, -0.1) is 0 Å². The number of carbonyl (C=O) groups excluding carboxylic acids is 3. The van der Waals surface area contributed by atoms with E-state index in [0.29, 0.717) is 48.1 Å². The molecule has 1 aromatic heterocycles. The highest BCUT2D eigenvalue weighted by atomic mass is 32.2. The topological polar surface area (TPSA) is 93.5 Å². The van der Waals surface area contributed by atoms with Gasteiger partial charge in [-0.25, -0.2) is 0 Å². The van der Waals surface area contributed by atoms with Gasteiger partial charge in [-0.1, -0.05) is 23.8 Å². The molecule has 3 amide bonds. The summed E-state index contributed by atoms with van der Waals surface area (Å²) in [5, 5.41) is 7.72.